The van der Waals surface area contributed by atoms with Crippen molar-refractivity contribution in [1.29, 1.82) is 0 Å². The number of phosphoric acid groups is 1. The van der Waals surface area contributed by atoms with E-state index in [2.05, 4.69) is 31.1 Å². The van der Waals surface area contributed by atoms with E-state index in [0.29, 0.717) is 0 Å². The molecule has 0 unspecified atom stereocenters. The fraction of sp³-hybridized carbons (Fsp3) is 0.700. The number of aliphatic hydroxyl groups excluding tert-OH is 1. The summed E-state index contributed by atoms with van der Waals surface area (Å²) in [4.78, 5) is 89.9. The number of hydrogen-bond acceptors (Lipinski definition) is 10. The lowest BCUT2D eigenvalue weighted by Gasteiger charge is -2.22. The van der Waals surface area contributed by atoms with E-state index in [-0.39, 0.29) is 12.3 Å². The van der Waals surface area contributed by atoms with Gasteiger partial charge in [-0.3, -0.25) is 33.3 Å². The van der Waals surface area contributed by atoms with Gasteiger partial charge in [0.05, 0.1) is 25.8 Å². The molecule has 0 bridgehead atoms. The van der Waals surface area contributed by atoms with Crippen molar-refractivity contribution in [2.75, 3.05) is 19.8 Å². The van der Waals surface area contributed by atoms with Gasteiger partial charge >= 0.3 is 13.8 Å². The number of carbonyl (C=O) groups is 6. The lowest BCUT2D eigenvalue weighted by atomic mass is 10.0. The van der Waals surface area contributed by atoms with Gasteiger partial charge in [-0.2, -0.15) is 0 Å². The van der Waals surface area contributed by atoms with Crippen LogP contribution in [0, 0.1) is 5.92 Å². The van der Waals surface area contributed by atoms with Crippen molar-refractivity contribution >= 4 is 43.3 Å². The van der Waals surface area contributed by atoms with Crippen LogP contribution in [0.4, 0.5) is 0 Å². The van der Waals surface area contributed by atoms with Crippen molar-refractivity contribution in [2.45, 2.75) is 64.3 Å². The second-order valence-corrected chi connectivity index (χ2v) is 10.1. The molecule has 0 aromatic rings. The molecule has 0 spiro atoms. The highest BCUT2D eigenvalue weighted by Crippen LogP contribution is 2.35. The zero-order chi connectivity index (χ0) is 30.5. The van der Waals surface area contributed by atoms with E-state index < -0.39 is 93.3 Å². The monoisotopic (exact) mass is 584 g/mol. The molecule has 0 radical (unpaired) electrons. The molecular formula is C20H37N6O12P. The van der Waals surface area contributed by atoms with Gasteiger partial charge in [-0.25, -0.2) is 4.57 Å². The van der Waals surface area contributed by atoms with Gasteiger partial charge in [0.15, 0.2) is 0 Å². The topological polar surface area (TPSA) is 296 Å². The number of nitrogens with one attached hydrogen (secondary N) is 5. The van der Waals surface area contributed by atoms with Crippen molar-refractivity contribution in [3.05, 3.63) is 0 Å². The summed E-state index contributed by atoms with van der Waals surface area (Å²) >= 11 is 0. The zero-order valence-corrected chi connectivity index (χ0v) is 22.8. The predicted molar refractivity (Wildman–Crippen MR) is 132 cm³/mol. The Morgan fingerprint density at radius 2 is 1.38 bits per heavy atom. The third kappa shape index (κ3) is 15.1. The van der Waals surface area contributed by atoms with Crippen LogP contribution in [-0.4, -0.2) is 105 Å². The first-order chi connectivity index (χ1) is 17.9. The average Bonchev–Trinajstić information content (AvgIpc) is 2.81. The summed E-state index contributed by atoms with van der Waals surface area (Å²) in [5.41, 5.74) is 5.75. The molecular weight excluding hydrogens is 547 g/mol. The largest absolute Gasteiger partial charge is 0.480 e. The first-order valence-electron chi connectivity index (χ1n) is 11.6. The smallest absolute Gasteiger partial charge is 0.469 e. The van der Waals surface area contributed by atoms with Gasteiger partial charge in [-0.05, 0) is 26.2 Å². The van der Waals surface area contributed by atoms with Crippen LogP contribution in [0.3, 0.4) is 0 Å². The Hall–Kier alpha value is -3.15. The van der Waals surface area contributed by atoms with Gasteiger partial charge in [0.2, 0.25) is 29.5 Å². The van der Waals surface area contributed by atoms with Crippen molar-refractivity contribution in [3.63, 3.8) is 0 Å². The van der Waals surface area contributed by atoms with Crippen LogP contribution in [0.25, 0.3) is 0 Å². The summed E-state index contributed by atoms with van der Waals surface area (Å²) in [6.07, 6.45) is 0.249. The molecule has 0 aromatic heterocycles. The molecule has 0 saturated carbocycles. The van der Waals surface area contributed by atoms with E-state index >= 15 is 0 Å². The molecule has 11 N–H and O–H groups in total. The van der Waals surface area contributed by atoms with E-state index in [1.807, 2.05) is 0 Å². The Balaban J connectivity index is 5.04. The summed E-state index contributed by atoms with van der Waals surface area (Å²) in [6, 6.07) is -6.76. The van der Waals surface area contributed by atoms with Crippen molar-refractivity contribution in [2.24, 2.45) is 11.7 Å². The van der Waals surface area contributed by atoms with Crippen LogP contribution in [0.5, 0.6) is 0 Å². The SMILES string of the molecule is CC(C)C[C@H](N)C(=O)N[C@@H](COP(=O)(O)O)C(=O)NCC(=O)N[C@@H](C)C(=O)N[C@@H](CO)C(=O)N[C@@H](C)C(=O)O. The molecule has 18 nitrogen and oxygen atoms in total. The van der Waals surface area contributed by atoms with Gasteiger partial charge in [-0.1, -0.05) is 13.8 Å². The van der Waals surface area contributed by atoms with Crippen LogP contribution in [0.2, 0.25) is 0 Å². The van der Waals surface area contributed by atoms with Crippen LogP contribution < -0.4 is 32.3 Å². The Kier molecular flexibility index (Phi) is 15.4. The van der Waals surface area contributed by atoms with Crippen molar-refractivity contribution in [1.82, 2.24) is 26.6 Å². The Bertz CT molecular complexity index is 942. The number of carboxylic acids is 1. The number of phosphoric ester groups is 1. The Labute approximate surface area is 224 Å². The first-order valence-corrected chi connectivity index (χ1v) is 13.2. The van der Waals surface area contributed by atoms with Gasteiger partial charge < -0.3 is 52.3 Å². The second kappa shape index (κ2) is 16.7. The molecule has 0 rings (SSSR count). The minimum Gasteiger partial charge on any atom is -0.480 e. The van der Waals surface area contributed by atoms with E-state index in [1.165, 1.54) is 13.8 Å². The molecule has 39 heavy (non-hydrogen) atoms. The van der Waals surface area contributed by atoms with E-state index in [4.69, 9.17) is 20.6 Å². The number of amides is 5. The molecule has 0 heterocycles. The second-order valence-electron chi connectivity index (χ2n) is 8.90. The normalized spacial score (nSPS) is 15.2. The number of aliphatic hydroxyl groups is 1. The molecule has 5 atom stereocenters. The molecule has 19 heteroatoms. The maximum Gasteiger partial charge on any atom is 0.469 e. The first kappa shape index (κ1) is 35.9. The molecule has 0 saturated heterocycles. The Morgan fingerprint density at radius 1 is 0.821 bits per heavy atom. The van der Waals surface area contributed by atoms with Gasteiger partial charge in [0.25, 0.3) is 0 Å². The number of carbonyl (C=O) groups excluding carboxylic acids is 5. The van der Waals surface area contributed by atoms with Crippen LogP contribution in [0.1, 0.15) is 34.1 Å². The summed E-state index contributed by atoms with van der Waals surface area (Å²) < 4.78 is 15.3. The van der Waals surface area contributed by atoms with Gasteiger partial charge in [0, 0.05) is 0 Å². The molecule has 0 aliphatic rings. The van der Waals surface area contributed by atoms with Crippen LogP contribution in [-0.2, 0) is 37.9 Å². The molecule has 0 fully saturated rings. The summed E-state index contributed by atoms with van der Waals surface area (Å²) in [5, 5.41) is 28.9. The summed E-state index contributed by atoms with van der Waals surface area (Å²) in [5.74, 6) is -5.98. The molecule has 224 valence electrons. The third-order valence-electron chi connectivity index (χ3n) is 4.84. The number of aliphatic carboxylic acids is 1. The predicted octanol–water partition coefficient (Wildman–Crippen LogP) is -4.36. The minimum atomic E-state index is -5.01. The molecule has 0 aliphatic heterocycles. The lowest BCUT2D eigenvalue weighted by molar-refractivity contribution is -0.142. The van der Waals surface area contributed by atoms with Gasteiger partial charge in [0.1, 0.15) is 24.2 Å². The fourth-order valence-electron chi connectivity index (χ4n) is 2.76. The number of rotatable bonds is 17. The van der Waals surface area contributed by atoms with E-state index in [9.17, 15) is 38.4 Å². The fourth-order valence-corrected chi connectivity index (χ4v) is 3.11. The van der Waals surface area contributed by atoms with E-state index in [0.717, 1.165) is 0 Å². The zero-order valence-electron chi connectivity index (χ0n) is 21.9. The van der Waals surface area contributed by atoms with Gasteiger partial charge in [-0.15, -0.1) is 0 Å². The summed E-state index contributed by atoms with van der Waals surface area (Å²) in [6.45, 7) is 3.43. The summed E-state index contributed by atoms with van der Waals surface area (Å²) in [7, 11) is -5.01. The molecule has 5 amide bonds. The standard InChI is InChI=1S/C20H37N6O12P/c1-9(2)5-12(21)17(30)26-14(8-38-39(35,36)37)18(31)22-6-15(28)23-10(3)16(29)25-13(7-27)19(32)24-11(4)20(33)34/h9-14,27H,5-8,21H2,1-4H3,(H,22,31)(H,23,28)(H,24,32)(H,25,29)(H,26,30)(H,33,34)(H2,35,36,37)/t10-,11-,12-,13-,14-/m0/s1. The number of nitrogens with two attached hydrogens (primary N) is 1. The maximum atomic E-state index is 12.5. The third-order valence-corrected chi connectivity index (χ3v) is 5.33. The highest BCUT2D eigenvalue weighted by Gasteiger charge is 2.29. The molecule has 0 aromatic carbocycles. The van der Waals surface area contributed by atoms with Crippen LogP contribution in [0.15, 0.2) is 0 Å². The number of carboxylic acid groups (broad SMARTS) is 1. The molecule has 0 aliphatic carbocycles. The van der Waals surface area contributed by atoms with E-state index in [1.54, 1.807) is 13.8 Å². The Morgan fingerprint density at radius 3 is 1.87 bits per heavy atom. The highest BCUT2D eigenvalue weighted by molar-refractivity contribution is 7.46. The number of hydrogen-bond donors (Lipinski definition) is 10. The lowest BCUT2D eigenvalue weighted by Crippen LogP contribution is -2.57. The maximum absolute atomic E-state index is 12.5. The highest BCUT2D eigenvalue weighted by atomic mass is 31.2. The van der Waals surface area contributed by atoms with Crippen LogP contribution >= 0.6 is 7.82 Å². The van der Waals surface area contributed by atoms with Crippen molar-refractivity contribution < 1.29 is 57.9 Å². The van der Waals surface area contributed by atoms with Crippen molar-refractivity contribution in [3.8, 4) is 0 Å². The minimum absolute atomic E-state index is 0.0302. The quantitative estimate of drug-likeness (QED) is 0.0724. The average molecular weight is 585 g/mol.